The molecule has 0 atom stereocenters. The average molecular weight is 356 g/mol. The smallest absolute Gasteiger partial charge is 0.335 e. The number of carbonyl (C=O) groups excluding carboxylic acids is 1. The Morgan fingerprint density at radius 1 is 1.10 bits per heavy atom. The van der Waals surface area contributed by atoms with Gasteiger partial charge in [0.15, 0.2) is 0 Å². The summed E-state index contributed by atoms with van der Waals surface area (Å²) in [6.07, 6.45) is 0. The second kappa shape index (κ2) is 6.01. The minimum atomic E-state index is -1.16. The zero-order valence-electron chi connectivity index (χ0n) is 10.4. The van der Waals surface area contributed by atoms with Crippen molar-refractivity contribution in [1.29, 1.82) is 0 Å². The van der Waals surface area contributed by atoms with E-state index in [2.05, 4.69) is 21.2 Å². The van der Waals surface area contributed by atoms with Crippen molar-refractivity contribution in [2.75, 3.05) is 5.32 Å². The number of hydrogen-bond acceptors (Lipinski definition) is 2. The first kappa shape index (κ1) is 15.1. The highest BCUT2D eigenvalue weighted by Gasteiger charge is 2.15. The largest absolute Gasteiger partial charge is 0.478 e. The third-order valence-corrected chi connectivity index (χ3v) is 3.33. The lowest BCUT2D eigenvalue weighted by Crippen LogP contribution is -2.14. The molecule has 4 nitrogen and oxygen atoms in total. The van der Waals surface area contributed by atoms with E-state index in [0.717, 1.165) is 12.1 Å². The predicted molar refractivity (Wildman–Crippen MR) is 75.4 cm³/mol. The van der Waals surface area contributed by atoms with E-state index in [-0.39, 0.29) is 16.8 Å². The summed E-state index contributed by atoms with van der Waals surface area (Å²) in [4.78, 5) is 22.8. The molecule has 2 N–H and O–H groups in total. The van der Waals surface area contributed by atoms with Crippen LogP contribution in [0.5, 0.6) is 0 Å². The molecule has 108 valence electrons. The summed E-state index contributed by atoms with van der Waals surface area (Å²) in [7, 11) is 0. The quantitative estimate of drug-likeness (QED) is 0.882. The topological polar surface area (TPSA) is 66.4 Å². The maximum atomic E-state index is 13.5. The number of amides is 1. The number of anilines is 1. The Labute approximate surface area is 126 Å². The molecule has 0 aliphatic carbocycles. The Morgan fingerprint density at radius 2 is 1.81 bits per heavy atom. The summed E-state index contributed by atoms with van der Waals surface area (Å²) in [5.41, 5.74) is -0.208. The Hall–Kier alpha value is -2.28. The fourth-order valence-corrected chi connectivity index (χ4v) is 1.96. The zero-order chi connectivity index (χ0) is 15.6. The highest BCUT2D eigenvalue weighted by Crippen LogP contribution is 2.24. The second-order valence-electron chi connectivity index (χ2n) is 4.08. The van der Waals surface area contributed by atoms with Crippen molar-refractivity contribution in [3.05, 3.63) is 63.6 Å². The highest BCUT2D eigenvalue weighted by atomic mass is 79.9. The number of rotatable bonds is 3. The van der Waals surface area contributed by atoms with Crippen molar-refractivity contribution in [2.24, 2.45) is 0 Å². The van der Waals surface area contributed by atoms with Gasteiger partial charge in [0, 0.05) is 10.5 Å². The van der Waals surface area contributed by atoms with Crippen LogP contribution in [0.25, 0.3) is 0 Å². The first-order valence-electron chi connectivity index (χ1n) is 5.67. The van der Waals surface area contributed by atoms with E-state index in [1.54, 1.807) is 0 Å². The minimum absolute atomic E-state index is 0.0342. The van der Waals surface area contributed by atoms with E-state index in [0.29, 0.717) is 10.5 Å². The summed E-state index contributed by atoms with van der Waals surface area (Å²) in [6.45, 7) is 0. The number of aromatic carboxylic acids is 1. The van der Waals surface area contributed by atoms with E-state index in [1.165, 1.54) is 18.2 Å². The van der Waals surface area contributed by atoms with Crippen molar-refractivity contribution in [1.82, 2.24) is 0 Å². The van der Waals surface area contributed by atoms with Gasteiger partial charge in [-0.2, -0.15) is 0 Å². The summed E-state index contributed by atoms with van der Waals surface area (Å²) in [5.74, 6) is -3.77. The van der Waals surface area contributed by atoms with Gasteiger partial charge >= 0.3 is 5.97 Å². The van der Waals surface area contributed by atoms with Crippen LogP contribution in [0.4, 0.5) is 14.5 Å². The molecule has 0 saturated carbocycles. The molecule has 21 heavy (non-hydrogen) atoms. The lowest BCUT2D eigenvalue weighted by atomic mass is 10.1. The SMILES string of the molecule is O=C(O)c1ccc(Br)c(NC(=O)c2ccc(F)cc2F)c1. The molecule has 0 radical (unpaired) electrons. The summed E-state index contributed by atoms with van der Waals surface area (Å²) in [6, 6.07) is 6.58. The molecule has 0 spiro atoms. The molecule has 0 fully saturated rings. The lowest BCUT2D eigenvalue weighted by molar-refractivity contribution is 0.0696. The predicted octanol–water partition coefficient (Wildman–Crippen LogP) is 3.68. The van der Waals surface area contributed by atoms with Crippen LogP contribution in [0, 0.1) is 11.6 Å². The molecular formula is C14H8BrF2NO3. The molecule has 7 heteroatoms. The molecule has 0 aromatic heterocycles. The fraction of sp³-hybridized carbons (Fsp3) is 0. The van der Waals surface area contributed by atoms with Gasteiger partial charge in [0.05, 0.1) is 16.8 Å². The van der Waals surface area contributed by atoms with Gasteiger partial charge in [0.2, 0.25) is 0 Å². The summed E-state index contributed by atoms with van der Waals surface area (Å²) in [5, 5.41) is 11.3. The minimum Gasteiger partial charge on any atom is -0.478 e. The summed E-state index contributed by atoms with van der Waals surface area (Å²) >= 11 is 3.15. The van der Waals surface area contributed by atoms with Gasteiger partial charge in [-0.3, -0.25) is 4.79 Å². The molecule has 0 unspecified atom stereocenters. The molecular weight excluding hydrogens is 348 g/mol. The van der Waals surface area contributed by atoms with E-state index in [9.17, 15) is 18.4 Å². The molecule has 0 aliphatic heterocycles. The molecule has 0 bridgehead atoms. The maximum Gasteiger partial charge on any atom is 0.335 e. The van der Waals surface area contributed by atoms with Gasteiger partial charge in [-0.05, 0) is 46.3 Å². The van der Waals surface area contributed by atoms with E-state index >= 15 is 0 Å². The van der Waals surface area contributed by atoms with E-state index in [1.807, 2.05) is 0 Å². The Balaban J connectivity index is 2.31. The molecule has 1 amide bonds. The molecule has 0 aliphatic rings. The van der Waals surface area contributed by atoms with E-state index < -0.39 is 23.5 Å². The van der Waals surface area contributed by atoms with Crippen LogP contribution >= 0.6 is 15.9 Å². The van der Waals surface area contributed by atoms with Crippen molar-refractivity contribution >= 4 is 33.5 Å². The maximum absolute atomic E-state index is 13.5. The highest BCUT2D eigenvalue weighted by molar-refractivity contribution is 9.10. The van der Waals surface area contributed by atoms with Crippen LogP contribution in [0.15, 0.2) is 40.9 Å². The number of carbonyl (C=O) groups is 2. The Bertz CT molecular complexity index is 734. The molecule has 2 aromatic rings. The van der Waals surface area contributed by atoms with Crippen molar-refractivity contribution in [3.8, 4) is 0 Å². The van der Waals surface area contributed by atoms with Gasteiger partial charge in [0.1, 0.15) is 11.6 Å². The number of halogens is 3. The van der Waals surface area contributed by atoms with E-state index in [4.69, 9.17) is 5.11 Å². The molecule has 2 rings (SSSR count). The standard InChI is InChI=1S/C14H8BrF2NO3/c15-10-4-1-7(14(20)21)5-12(10)18-13(19)9-3-2-8(16)6-11(9)17/h1-6H,(H,18,19)(H,20,21). The van der Waals surface area contributed by atoms with Crippen LogP contribution in [-0.4, -0.2) is 17.0 Å². The van der Waals surface area contributed by atoms with Crippen LogP contribution in [0.1, 0.15) is 20.7 Å². The van der Waals surface area contributed by atoms with Crippen molar-refractivity contribution in [3.63, 3.8) is 0 Å². The first-order valence-corrected chi connectivity index (χ1v) is 6.47. The molecule has 0 saturated heterocycles. The lowest BCUT2D eigenvalue weighted by Gasteiger charge is -2.09. The molecule has 2 aromatic carbocycles. The number of nitrogens with one attached hydrogen (secondary N) is 1. The van der Waals surface area contributed by atoms with Crippen LogP contribution in [0.3, 0.4) is 0 Å². The average Bonchev–Trinajstić information content (AvgIpc) is 2.40. The number of carboxylic acids is 1. The van der Waals surface area contributed by atoms with Gasteiger partial charge in [0.25, 0.3) is 5.91 Å². The van der Waals surface area contributed by atoms with Gasteiger partial charge in [-0.25, -0.2) is 13.6 Å². The number of hydrogen-bond donors (Lipinski definition) is 2. The van der Waals surface area contributed by atoms with Crippen LogP contribution in [0.2, 0.25) is 0 Å². The van der Waals surface area contributed by atoms with Crippen LogP contribution in [-0.2, 0) is 0 Å². The summed E-state index contributed by atoms with van der Waals surface area (Å²) < 4.78 is 26.7. The number of benzene rings is 2. The monoisotopic (exact) mass is 355 g/mol. The van der Waals surface area contributed by atoms with Crippen molar-refractivity contribution < 1.29 is 23.5 Å². The first-order chi connectivity index (χ1) is 9.88. The van der Waals surface area contributed by atoms with Gasteiger partial charge in [-0.1, -0.05) is 0 Å². The second-order valence-corrected chi connectivity index (χ2v) is 4.93. The third kappa shape index (κ3) is 3.43. The fourth-order valence-electron chi connectivity index (χ4n) is 1.62. The van der Waals surface area contributed by atoms with Crippen LogP contribution < -0.4 is 5.32 Å². The normalized spacial score (nSPS) is 10.2. The van der Waals surface area contributed by atoms with Gasteiger partial charge in [-0.15, -0.1) is 0 Å². The third-order valence-electron chi connectivity index (χ3n) is 2.64. The Morgan fingerprint density at radius 3 is 2.43 bits per heavy atom. The number of carboxylic acid groups (broad SMARTS) is 1. The zero-order valence-corrected chi connectivity index (χ0v) is 11.9. The Kier molecular flexibility index (Phi) is 4.32. The van der Waals surface area contributed by atoms with Crippen molar-refractivity contribution in [2.45, 2.75) is 0 Å². The van der Waals surface area contributed by atoms with Gasteiger partial charge < -0.3 is 10.4 Å². The molecule has 0 heterocycles.